The number of carbonyl (C=O) groups excluding carboxylic acids is 1. The Morgan fingerprint density at radius 1 is 1.12 bits per heavy atom. The number of benzene rings is 2. The van der Waals surface area contributed by atoms with Crippen LogP contribution in [0.1, 0.15) is 29.0 Å². The maximum Gasteiger partial charge on any atom is 0.406 e. The van der Waals surface area contributed by atoms with Gasteiger partial charge in [-0.15, -0.1) is 0 Å². The second-order valence-electron chi connectivity index (χ2n) is 5.64. The number of amides is 1. The number of alkyl halides is 3. The molecule has 0 saturated carbocycles. The number of carbonyl (C=O) groups is 1. The molecule has 1 amide bonds. The highest BCUT2D eigenvalue weighted by atomic mass is 19.4. The fourth-order valence-corrected chi connectivity index (χ4v) is 2.83. The van der Waals surface area contributed by atoms with Gasteiger partial charge in [-0.1, -0.05) is 24.3 Å². The third kappa shape index (κ3) is 3.70. The maximum atomic E-state index is 13.0. The van der Waals surface area contributed by atoms with Crippen molar-refractivity contribution < 1.29 is 22.7 Å². The van der Waals surface area contributed by atoms with Gasteiger partial charge in [-0.25, -0.2) is 0 Å². The Kier molecular flexibility index (Phi) is 4.57. The van der Waals surface area contributed by atoms with E-state index in [9.17, 15) is 18.0 Å². The number of rotatable bonds is 4. The summed E-state index contributed by atoms with van der Waals surface area (Å²) in [5, 5.41) is 3.03. The van der Waals surface area contributed by atoms with Gasteiger partial charge in [0.1, 0.15) is 18.5 Å². The quantitative estimate of drug-likeness (QED) is 0.898. The first-order valence-electron chi connectivity index (χ1n) is 7.85. The standard InChI is InChI=1S/C18H17F3N2O2/c1-2-25-13-9-7-12(8-10-13)16-22-15-6-4-3-5-14(15)17(24)23(16)11-18(19,20)21/h3-10,16,22H,2,11H2,1H3/t16-/m1/s1. The van der Waals surface area contributed by atoms with E-state index in [0.29, 0.717) is 23.6 Å². The summed E-state index contributed by atoms with van der Waals surface area (Å²) in [6, 6.07) is 13.2. The van der Waals surface area contributed by atoms with Gasteiger partial charge in [0.15, 0.2) is 0 Å². The largest absolute Gasteiger partial charge is 0.494 e. The third-order valence-electron chi connectivity index (χ3n) is 3.88. The molecule has 25 heavy (non-hydrogen) atoms. The molecule has 2 aromatic rings. The molecule has 1 aliphatic rings. The van der Waals surface area contributed by atoms with Crippen molar-refractivity contribution in [2.75, 3.05) is 18.5 Å². The van der Waals surface area contributed by atoms with Crippen molar-refractivity contribution >= 4 is 11.6 Å². The van der Waals surface area contributed by atoms with Crippen LogP contribution < -0.4 is 10.1 Å². The SMILES string of the molecule is CCOc1ccc([C@@H]2Nc3ccccc3C(=O)N2CC(F)(F)F)cc1. The van der Waals surface area contributed by atoms with Crippen molar-refractivity contribution in [2.24, 2.45) is 0 Å². The molecule has 3 rings (SSSR count). The zero-order valence-corrected chi connectivity index (χ0v) is 13.5. The van der Waals surface area contributed by atoms with Crippen LogP contribution in [0.2, 0.25) is 0 Å². The van der Waals surface area contributed by atoms with E-state index in [1.165, 1.54) is 6.07 Å². The van der Waals surface area contributed by atoms with Crippen LogP contribution in [-0.4, -0.2) is 30.1 Å². The summed E-state index contributed by atoms with van der Waals surface area (Å²) in [5.41, 5.74) is 1.30. The van der Waals surface area contributed by atoms with Gasteiger partial charge in [0.2, 0.25) is 0 Å². The molecule has 2 aromatic carbocycles. The number of halogens is 3. The number of ether oxygens (including phenoxy) is 1. The van der Waals surface area contributed by atoms with E-state index in [1.54, 1.807) is 42.5 Å². The molecule has 0 radical (unpaired) electrons. The fraction of sp³-hybridized carbons (Fsp3) is 0.278. The molecule has 0 aromatic heterocycles. The van der Waals surface area contributed by atoms with Crippen LogP contribution in [-0.2, 0) is 0 Å². The van der Waals surface area contributed by atoms with Crippen LogP contribution >= 0.6 is 0 Å². The van der Waals surface area contributed by atoms with E-state index < -0.39 is 24.8 Å². The van der Waals surface area contributed by atoms with Crippen molar-refractivity contribution in [3.8, 4) is 5.75 Å². The third-order valence-corrected chi connectivity index (χ3v) is 3.88. The Morgan fingerprint density at radius 3 is 2.44 bits per heavy atom. The van der Waals surface area contributed by atoms with Gasteiger partial charge >= 0.3 is 6.18 Å². The highest BCUT2D eigenvalue weighted by molar-refractivity contribution is 6.01. The van der Waals surface area contributed by atoms with E-state index in [-0.39, 0.29) is 5.56 Å². The Labute approximate surface area is 143 Å². The zero-order chi connectivity index (χ0) is 18.0. The predicted molar refractivity (Wildman–Crippen MR) is 87.5 cm³/mol. The van der Waals surface area contributed by atoms with Crippen molar-refractivity contribution in [1.29, 1.82) is 0 Å². The van der Waals surface area contributed by atoms with Crippen molar-refractivity contribution in [3.63, 3.8) is 0 Å². The highest BCUT2D eigenvalue weighted by Gasteiger charge is 2.40. The van der Waals surface area contributed by atoms with Crippen LogP contribution in [0.5, 0.6) is 5.75 Å². The van der Waals surface area contributed by atoms with Gasteiger partial charge in [-0.2, -0.15) is 13.2 Å². The number of para-hydroxylation sites is 1. The summed E-state index contributed by atoms with van der Waals surface area (Å²) in [6.07, 6.45) is -5.40. The molecular formula is C18H17F3N2O2. The van der Waals surface area contributed by atoms with Gasteiger partial charge in [0.05, 0.1) is 12.2 Å². The number of anilines is 1. The van der Waals surface area contributed by atoms with Crippen LogP contribution in [0.4, 0.5) is 18.9 Å². The average Bonchev–Trinajstić information content (AvgIpc) is 2.57. The average molecular weight is 350 g/mol. The van der Waals surface area contributed by atoms with Gasteiger partial charge in [-0.3, -0.25) is 4.79 Å². The van der Waals surface area contributed by atoms with Gasteiger partial charge in [0.25, 0.3) is 5.91 Å². The van der Waals surface area contributed by atoms with Crippen molar-refractivity contribution in [1.82, 2.24) is 4.90 Å². The molecular weight excluding hydrogens is 333 g/mol. The van der Waals surface area contributed by atoms with Gasteiger partial charge < -0.3 is 15.0 Å². The van der Waals surface area contributed by atoms with Crippen LogP contribution in [0, 0.1) is 0 Å². The van der Waals surface area contributed by atoms with E-state index in [0.717, 1.165) is 4.90 Å². The maximum absolute atomic E-state index is 13.0. The first-order valence-corrected chi connectivity index (χ1v) is 7.85. The molecule has 0 bridgehead atoms. The number of hydrogen-bond acceptors (Lipinski definition) is 3. The van der Waals surface area contributed by atoms with E-state index in [4.69, 9.17) is 4.74 Å². The number of hydrogen-bond donors (Lipinski definition) is 1. The summed E-state index contributed by atoms with van der Waals surface area (Å²) >= 11 is 0. The monoisotopic (exact) mass is 350 g/mol. The molecule has 7 heteroatoms. The first kappa shape index (κ1) is 17.1. The lowest BCUT2D eigenvalue weighted by Gasteiger charge is -2.38. The highest BCUT2D eigenvalue weighted by Crippen LogP contribution is 2.35. The first-order chi connectivity index (χ1) is 11.9. The summed E-state index contributed by atoms with van der Waals surface area (Å²) in [5.74, 6) is -0.0262. The van der Waals surface area contributed by atoms with Crippen molar-refractivity contribution in [3.05, 3.63) is 59.7 Å². The lowest BCUT2D eigenvalue weighted by atomic mass is 10.0. The van der Waals surface area contributed by atoms with Crippen molar-refractivity contribution in [2.45, 2.75) is 19.3 Å². The van der Waals surface area contributed by atoms with Crippen LogP contribution in [0.25, 0.3) is 0 Å². The Morgan fingerprint density at radius 2 is 1.80 bits per heavy atom. The lowest BCUT2D eigenvalue weighted by Crippen LogP contribution is -2.47. The number of fused-ring (bicyclic) bond motifs is 1. The molecule has 4 nitrogen and oxygen atoms in total. The molecule has 0 fully saturated rings. The number of nitrogens with one attached hydrogen (secondary N) is 1. The molecule has 1 heterocycles. The molecule has 0 saturated heterocycles. The molecule has 132 valence electrons. The smallest absolute Gasteiger partial charge is 0.406 e. The summed E-state index contributed by atoms with van der Waals surface area (Å²) < 4.78 is 44.4. The summed E-state index contributed by atoms with van der Waals surface area (Å²) in [6.45, 7) is 1.01. The Bertz CT molecular complexity index is 760. The Balaban J connectivity index is 1.98. The van der Waals surface area contributed by atoms with E-state index in [1.807, 2.05) is 6.92 Å². The second kappa shape index (κ2) is 6.66. The molecule has 0 aliphatic carbocycles. The van der Waals surface area contributed by atoms with E-state index in [2.05, 4.69) is 5.32 Å². The zero-order valence-electron chi connectivity index (χ0n) is 13.5. The topological polar surface area (TPSA) is 41.6 Å². The van der Waals surface area contributed by atoms with Gasteiger partial charge in [-0.05, 0) is 36.8 Å². The van der Waals surface area contributed by atoms with Crippen LogP contribution in [0.3, 0.4) is 0 Å². The van der Waals surface area contributed by atoms with Crippen LogP contribution in [0.15, 0.2) is 48.5 Å². The molecule has 1 atom stereocenters. The fourth-order valence-electron chi connectivity index (χ4n) is 2.83. The van der Waals surface area contributed by atoms with Gasteiger partial charge in [0, 0.05) is 5.69 Å². The summed E-state index contributed by atoms with van der Waals surface area (Å²) in [7, 11) is 0. The molecule has 1 N–H and O–H groups in total. The molecule has 0 unspecified atom stereocenters. The second-order valence-corrected chi connectivity index (χ2v) is 5.64. The normalized spacial score (nSPS) is 17.0. The lowest BCUT2D eigenvalue weighted by molar-refractivity contribution is -0.144. The molecule has 1 aliphatic heterocycles. The summed E-state index contributed by atoms with van der Waals surface area (Å²) in [4.78, 5) is 13.4. The minimum atomic E-state index is -4.49. The number of nitrogens with zero attached hydrogens (tertiary/aromatic N) is 1. The Hall–Kier alpha value is -2.70. The predicted octanol–water partition coefficient (Wildman–Crippen LogP) is 4.21. The van der Waals surface area contributed by atoms with E-state index >= 15 is 0 Å². The molecule has 0 spiro atoms. The minimum absolute atomic E-state index is 0.230. The minimum Gasteiger partial charge on any atom is -0.494 e.